The third-order valence-electron chi connectivity index (χ3n) is 8.36. The summed E-state index contributed by atoms with van der Waals surface area (Å²) in [6, 6.07) is 25.7. The average Bonchev–Trinajstić information content (AvgIpc) is 3.43. The molecule has 0 bridgehead atoms. The van der Waals surface area contributed by atoms with Crippen LogP contribution >= 0.6 is 0 Å². The van der Waals surface area contributed by atoms with Gasteiger partial charge in [0.25, 0.3) is 0 Å². The van der Waals surface area contributed by atoms with Crippen molar-refractivity contribution < 1.29 is 0 Å². The molecule has 3 aromatic rings. The summed E-state index contributed by atoms with van der Waals surface area (Å²) >= 11 is 0. The number of unbranched alkanes of at least 4 members (excludes halogenated alkanes) is 6. The van der Waals surface area contributed by atoms with E-state index in [1.54, 1.807) is 11.1 Å². The lowest BCUT2D eigenvalue weighted by atomic mass is 9.70. The maximum Gasteiger partial charge on any atom is 0.0444 e. The third-order valence-corrected chi connectivity index (χ3v) is 8.36. The Hall–Kier alpha value is -2.54. The fourth-order valence-corrected chi connectivity index (χ4v) is 6.60. The van der Waals surface area contributed by atoms with Crippen molar-refractivity contribution in [2.24, 2.45) is 0 Å². The first-order valence-electron chi connectivity index (χ1n) is 13.9. The van der Waals surface area contributed by atoms with Crippen LogP contribution < -0.4 is 4.90 Å². The van der Waals surface area contributed by atoms with Crippen molar-refractivity contribution >= 4 is 11.4 Å². The highest BCUT2D eigenvalue weighted by Gasteiger charge is 2.42. The number of rotatable bonds is 11. The first-order valence-corrected chi connectivity index (χ1v) is 13.9. The van der Waals surface area contributed by atoms with Crippen molar-refractivity contribution in [3.63, 3.8) is 0 Å². The predicted octanol–water partition coefficient (Wildman–Crippen LogP) is 9.59. The zero-order valence-electron chi connectivity index (χ0n) is 21.3. The maximum absolute atomic E-state index is 2.53. The molecule has 0 saturated carbocycles. The molecule has 2 aliphatic rings. The molecule has 3 aromatic carbocycles. The molecule has 0 amide bonds. The Morgan fingerprint density at radius 2 is 1.35 bits per heavy atom. The zero-order chi connectivity index (χ0) is 23.4. The molecule has 1 heteroatoms. The van der Waals surface area contributed by atoms with Gasteiger partial charge in [0.2, 0.25) is 0 Å². The molecule has 0 N–H and O–H groups in total. The molecule has 0 spiro atoms. The highest BCUT2D eigenvalue weighted by molar-refractivity contribution is 5.85. The zero-order valence-corrected chi connectivity index (χ0v) is 21.3. The van der Waals surface area contributed by atoms with E-state index in [0.717, 1.165) is 13.0 Å². The van der Waals surface area contributed by atoms with Crippen LogP contribution in [0.2, 0.25) is 0 Å². The van der Waals surface area contributed by atoms with Crippen LogP contribution in [0, 0.1) is 0 Å². The lowest BCUT2D eigenvalue weighted by molar-refractivity contribution is 0.401. The highest BCUT2D eigenvalue weighted by atomic mass is 15.2. The first-order chi connectivity index (χ1) is 16.8. The van der Waals surface area contributed by atoms with E-state index in [1.165, 1.54) is 92.3 Å². The van der Waals surface area contributed by atoms with Crippen molar-refractivity contribution in [2.75, 3.05) is 11.4 Å². The second-order valence-electron chi connectivity index (χ2n) is 10.5. The van der Waals surface area contributed by atoms with Crippen molar-refractivity contribution in [1.82, 2.24) is 0 Å². The van der Waals surface area contributed by atoms with Gasteiger partial charge >= 0.3 is 0 Å². The Bertz CT molecular complexity index is 1100. The number of para-hydroxylation sites is 1. The predicted molar refractivity (Wildman–Crippen MR) is 147 cm³/mol. The van der Waals surface area contributed by atoms with Crippen molar-refractivity contribution in [3.8, 4) is 11.1 Å². The van der Waals surface area contributed by atoms with Crippen LogP contribution in [-0.2, 0) is 11.8 Å². The molecule has 5 rings (SSSR count). The van der Waals surface area contributed by atoms with Crippen LogP contribution in [0.5, 0.6) is 0 Å². The van der Waals surface area contributed by atoms with E-state index in [2.05, 4.69) is 85.5 Å². The number of hydrogen-bond acceptors (Lipinski definition) is 1. The molecular weight excluding hydrogens is 410 g/mol. The minimum atomic E-state index is 0.189. The third kappa shape index (κ3) is 4.19. The largest absolute Gasteiger partial charge is 0.341 e. The Morgan fingerprint density at radius 1 is 0.676 bits per heavy atom. The quantitative estimate of drug-likeness (QED) is 0.262. The van der Waals surface area contributed by atoms with Gasteiger partial charge in [0.1, 0.15) is 0 Å². The molecule has 1 nitrogen and oxygen atoms in total. The lowest BCUT2D eigenvalue weighted by Gasteiger charge is -2.33. The van der Waals surface area contributed by atoms with Gasteiger partial charge in [-0.05, 0) is 65.3 Å². The SMILES string of the molecule is CCCCCCC1(CCCCCC)c2ccccc2-c2cc(N3CCc4ccccc43)ccc21. The van der Waals surface area contributed by atoms with Crippen molar-refractivity contribution in [2.45, 2.75) is 89.9 Å². The van der Waals surface area contributed by atoms with Gasteiger partial charge in [0.05, 0.1) is 0 Å². The normalized spacial score (nSPS) is 15.3. The van der Waals surface area contributed by atoms with Gasteiger partial charge < -0.3 is 4.90 Å². The summed E-state index contributed by atoms with van der Waals surface area (Å²) in [5.41, 5.74) is 10.6. The van der Waals surface area contributed by atoms with Crippen molar-refractivity contribution in [1.29, 1.82) is 0 Å². The minimum absolute atomic E-state index is 0.189. The standard InChI is InChI=1S/C33H41N/c1-3-5-7-13-22-33(23-14-8-6-4-2)30-17-11-10-16-28(30)29-25-27(19-20-31(29)33)34-24-21-26-15-9-12-18-32(26)34/h9-12,15-20,25H,3-8,13-14,21-24H2,1-2H3. The smallest absolute Gasteiger partial charge is 0.0444 e. The number of anilines is 2. The number of hydrogen-bond donors (Lipinski definition) is 0. The molecular formula is C33H41N. The van der Waals surface area contributed by atoms with Crippen molar-refractivity contribution in [3.05, 3.63) is 83.4 Å². The first kappa shape index (κ1) is 23.2. The van der Waals surface area contributed by atoms with Gasteiger partial charge in [-0.3, -0.25) is 0 Å². The summed E-state index contributed by atoms with van der Waals surface area (Å²) in [6.07, 6.45) is 14.4. The van der Waals surface area contributed by atoms with Gasteiger partial charge in [0, 0.05) is 23.3 Å². The Morgan fingerprint density at radius 3 is 2.12 bits per heavy atom. The van der Waals surface area contributed by atoms with Crippen LogP contribution in [-0.4, -0.2) is 6.54 Å². The fraction of sp³-hybridized carbons (Fsp3) is 0.455. The summed E-state index contributed by atoms with van der Waals surface area (Å²) < 4.78 is 0. The fourth-order valence-electron chi connectivity index (χ4n) is 6.60. The summed E-state index contributed by atoms with van der Waals surface area (Å²) in [5.74, 6) is 0. The van der Waals surface area contributed by atoms with E-state index in [1.807, 2.05) is 0 Å². The van der Waals surface area contributed by atoms with Gasteiger partial charge in [-0.2, -0.15) is 0 Å². The van der Waals surface area contributed by atoms with Crippen LogP contribution in [0.1, 0.15) is 94.7 Å². The summed E-state index contributed by atoms with van der Waals surface area (Å²) in [5, 5.41) is 0. The Kier molecular flexibility index (Phi) is 7.09. The van der Waals surface area contributed by atoms with Crippen LogP contribution in [0.3, 0.4) is 0 Å². The number of nitrogens with zero attached hydrogens (tertiary/aromatic N) is 1. The van der Waals surface area contributed by atoms with E-state index >= 15 is 0 Å². The van der Waals surface area contributed by atoms with Gasteiger partial charge in [-0.1, -0.05) is 114 Å². The summed E-state index contributed by atoms with van der Waals surface area (Å²) in [6.45, 7) is 5.72. The van der Waals surface area contributed by atoms with Gasteiger partial charge in [-0.25, -0.2) is 0 Å². The Labute approximate surface area is 207 Å². The van der Waals surface area contributed by atoms with Crippen LogP contribution in [0.15, 0.2) is 66.7 Å². The molecule has 34 heavy (non-hydrogen) atoms. The molecule has 0 aromatic heterocycles. The molecule has 0 saturated heterocycles. The minimum Gasteiger partial charge on any atom is -0.341 e. The van der Waals surface area contributed by atoms with Crippen LogP contribution in [0.4, 0.5) is 11.4 Å². The number of fused-ring (bicyclic) bond motifs is 4. The number of benzene rings is 3. The molecule has 1 heterocycles. The molecule has 0 fully saturated rings. The van der Waals surface area contributed by atoms with E-state index in [9.17, 15) is 0 Å². The van der Waals surface area contributed by atoms with E-state index < -0.39 is 0 Å². The van der Waals surface area contributed by atoms with Crippen LogP contribution in [0.25, 0.3) is 11.1 Å². The molecule has 1 aliphatic carbocycles. The molecule has 1 aliphatic heterocycles. The maximum atomic E-state index is 2.53. The van der Waals surface area contributed by atoms with E-state index in [-0.39, 0.29) is 5.41 Å². The van der Waals surface area contributed by atoms with E-state index in [4.69, 9.17) is 0 Å². The summed E-state index contributed by atoms with van der Waals surface area (Å²) in [4.78, 5) is 2.53. The van der Waals surface area contributed by atoms with E-state index in [0.29, 0.717) is 0 Å². The molecule has 0 atom stereocenters. The van der Waals surface area contributed by atoms with Gasteiger partial charge in [-0.15, -0.1) is 0 Å². The summed E-state index contributed by atoms with van der Waals surface area (Å²) in [7, 11) is 0. The van der Waals surface area contributed by atoms with Gasteiger partial charge in [0.15, 0.2) is 0 Å². The molecule has 0 unspecified atom stereocenters. The highest BCUT2D eigenvalue weighted by Crippen LogP contribution is 2.55. The second-order valence-corrected chi connectivity index (χ2v) is 10.5. The monoisotopic (exact) mass is 451 g/mol. The molecule has 0 radical (unpaired) electrons. The second kappa shape index (κ2) is 10.4. The average molecular weight is 452 g/mol. The lowest BCUT2D eigenvalue weighted by Crippen LogP contribution is -2.25. The Balaban J connectivity index is 1.54. The molecule has 178 valence electrons. The topological polar surface area (TPSA) is 3.24 Å².